The molecule has 3 rings (SSSR count). The molecule has 1 aromatic heterocycles. The lowest BCUT2D eigenvalue weighted by Crippen LogP contribution is -2.41. The molecule has 132 valence electrons. The van der Waals surface area contributed by atoms with Crippen molar-refractivity contribution in [2.45, 2.75) is 0 Å². The third-order valence-corrected chi connectivity index (χ3v) is 5.06. The first kappa shape index (κ1) is 17.8. The van der Waals surface area contributed by atoms with Crippen molar-refractivity contribution in [2.75, 3.05) is 0 Å². The number of fused-ring (bicyclic) bond motifs is 1. The van der Waals surface area contributed by atoms with Crippen LogP contribution in [-0.4, -0.2) is 16.7 Å². The van der Waals surface area contributed by atoms with E-state index in [-0.39, 0.29) is 21.2 Å². The fourth-order valence-corrected chi connectivity index (χ4v) is 3.63. The molecule has 2 aromatic carbocycles. The number of carbonyl (C=O) groups excluding carboxylic acids is 2. The Hall–Kier alpha value is -3.04. The van der Waals surface area contributed by atoms with Gasteiger partial charge in [-0.1, -0.05) is 17.7 Å². The number of rotatable bonds is 3. The minimum Gasteiger partial charge on any atom is -0.267 e. The van der Waals surface area contributed by atoms with Gasteiger partial charge in [0.25, 0.3) is 17.5 Å². The van der Waals surface area contributed by atoms with Gasteiger partial charge in [-0.25, -0.2) is 4.39 Å². The number of amides is 2. The average molecular weight is 394 g/mol. The number of nitro groups is 1. The van der Waals surface area contributed by atoms with E-state index in [1.165, 1.54) is 36.4 Å². The lowest BCUT2D eigenvalue weighted by atomic mass is 10.2. The Morgan fingerprint density at radius 1 is 1.12 bits per heavy atom. The Bertz CT molecular complexity index is 1050. The van der Waals surface area contributed by atoms with Crippen molar-refractivity contribution in [1.82, 2.24) is 10.9 Å². The second-order valence-corrected chi connectivity index (χ2v) is 6.53. The summed E-state index contributed by atoms with van der Waals surface area (Å²) in [4.78, 5) is 34.5. The van der Waals surface area contributed by atoms with Crippen molar-refractivity contribution in [3.05, 3.63) is 73.9 Å². The third-order valence-electron chi connectivity index (χ3n) is 3.41. The van der Waals surface area contributed by atoms with Gasteiger partial charge >= 0.3 is 0 Å². The van der Waals surface area contributed by atoms with E-state index in [2.05, 4.69) is 10.9 Å². The summed E-state index contributed by atoms with van der Waals surface area (Å²) in [6.07, 6.45) is 0. The quantitative estimate of drug-likeness (QED) is 0.523. The Balaban J connectivity index is 1.75. The highest BCUT2D eigenvalue weighted by Crippen LogP contribution is 2.35. The number of nitrogens with zero attached hydrogens (tertiary/aromatic N) is 1. The van der Waals surface area contributed by atoms with Gasteiger partial charge in [0, 0.05) is 27.8 Å². The monoisotopic (exact) mass is 393 g/mol. The topological polar surface area (TPSA) is 101 Å². The Morgan fingerprint density at radius 2 is 1.85 bits per heavy atom. The molecule has 7 nitrogen and oxygen atoms in total. The van der Waals surface area contributed by atoms with Gasteiger partial charge in [-0.2, -0.15) is 0 Å². The van der Waals surface area contributed by atoms with Crippen molar-refractivity contribution < 1.29 is 18.9 Å². The average Bonchev–Trinajstić information content (AvgIpc) is 2.95. The number of hydrogen-bond donors (Lipinski definition) is 2. The SMILES string of the molecule is O=C(NNC(=O)c1sc2cc(F)ccc2c1Cl)c1cccc([N+](=O)[O-])c1. The number of nitrogens with one attached hydrogen (secondary N) is 2. The summed E-state index contributed by atoms with van der Waals surface area (Å²) in [7, 11) is 0. The number of non-ortho nitro benzene ring substituents is 1. The summed E-state index contributed by atoms with van der Waals surface area (Å²) in [5.41, 5.74) is 4.10. The Morgan fingerprint density at radius 3 is 2.58 bits per heavy atom. The lowest BCUT2D eigenvalue weighted by molar-refractivity contribution is -0.384. The van der Waals surface area contributed by atoms with Gasteiger partial charge in [0.2, 0.25) is 0 Å². The van der Waals surface area contributed by atoms with Gasteiger partial charge in [-0.05, 0) is 24.3 Å². The van der Waals surface area contributed by atoms with Crippen molar-refractivity contribution in [1.29, 1.82) is 0 Å². The molecule has 0 saturated heterocycles. The molecule has 0 aliphatic heterocycles. The van der Waals surface area contributed by atoms with Crippen molar-refractivity contribution in [2.24, 2.45) is 0 Å². The minimum absolute atomic E-state index is 0.00371. The molecule has 0 unspecified atom stereocenters. The van der Waals surface area contributed by atoms with Crippen LogP contribution < -0.4 is 10.9 Å². The van der Waals surface area contributed by atoms with Gasteiger partial charge in [0.05, 0.1) is 9.95 Å². The molecular weight excluding hydrogens is 385 g/mol. The number of thiophene rings is 1. The van der Waals surface area contributed by atoms with Crippen LogP contribution in [0.1, 0.15) is 20.0 Å². The molecule has 0 spiro atoms. The van der Waals surface area contributed by atoms with E-state index in [1.54, 1.807) is 0 Å². The summed E-state index contributed by atoms with van der Waals surface area (Å²) < 4.78 is 13.8. The second-order valence-electron chi connectivity index (χ2n) is 5.10. The first-order chi connectivity index (χ1) is 12.4. The molecule has 0 aliphatic rings. The molecule has 1 heterocycles. The smallest absolute Gasteiger partial charge is 0.267 e. The summed E-state index contributed by atoms with van der Waals surface area (Å²) in [6.45, 7) is 0. The first-order valence-corrected chi connectivity index (χ1v) is 8.29. The fourth-order valence-electron chi connectivity index (χ4n) is 2.19. The van der Waals surface area contributed by atoms with Crippen LogP contribution in [0.15, 0.2) is 42.5 Å². The maximum atomic E-state index is 13.3. The van der Waals surface area contributed by atoms with Gasteiger partial charge in [-0.15, -0.1) is 11.3 Å². The van der Waals surface area contributed by atoms with E-state index in [4.69, 9.17) is 11.6 Å². The zero-order chi connectivity index (χ0) is 18.8. The molecule has 0 saturated carbocycles. The molecule has 0 aliphatic carbocycles. The molecule has 0 bridgehead atoms. The highest BCUT2D eigenvalue weighted by molar-refractivity contribution is 7.21. The number of hydrazine groups is 1. The van der Waals surface area contributed by atoms with Crippen LogP contribution in [0.5, 0.6) is 0 Å². The Kier molecular flexibility index (Phi) is 4.83. The lowest BCUT2D eigenvalue weighted by Gasteiger charge is -2.06. The van der Waals surface area contributed by atoms with Crippen molar-refractivity contribution in [3.63, 3.8) is 0 Å². The zero-order valence-corrected chi connectivity index (χ0v) is 14.4. The zero-order valence-electron chi connectivity index (χ0n) is 12.8. The molecule has 26 heavy (non-hydrogen) atoms. The number of benzene rings is 2. The van der Waals surface area contributed by atoms with Crippen LogP contribution in [0.3, 0.4) is 0 Å². The Labute approximate surface area is 154 Å². The summed E-state index contributed by atoms with van der Waals surface area (Å²) in [5, 5.41) is 11.4. The fraction of sp³-hybridized carbons (Fsp3) is 0. The van der Waals surface area contributed by atoms with Crippen LogP contribution in [0, 0.1) is 15.9 Å². The molecule has 2 N–H and O–H groups in total. The van der Waals surface area contributed by atoms with E-state index >= 15 is 0 Å². The number of hydrogen-bond acceptors (Lipinski definition) is 5. The molecular formula is C16H9ClFN3O4S. The maximum absolute atomic E-state index is 13.3. The standard InChI is InChI=1S/C16H9ClFN3O4S/c17-13-11-5-4-9(18)7-12(11)26-14(13)16(23)20-19-15(22)8-2-1-3-10(6-8)21(24)25/h1-7H,(H,19,22)(H,20,23). The number of carbonyl (C=O) groups is 2. The summed E-state index contributed by atoms with van der Waals surface area (Å²) >= 11 is 7.11. The van der Waals surface area contributed by atoms with E-state index in [9.17, 15) is 24.1 Å². The van der Waals surface area contributed by atoms with Crippen molar-refractivity contribution >= 4 is 50.5 Å². The second kappa shape index (κ2) is 7.06. The highest BCUT2D eigenvalue weighted by atomic mass is 35.5. The number of halogens is 2. The van der Waals surface area contributed by atoms with E-state index < -0.39 is 22.6 Å². The predicted octanol–water partition coefficient (Wildman–Crippen LogP) is 3.68. The van der Waals surface area contributed by atoms with Gasteiger partial charge < -0.3 is 0 Å². The van der Waals surface area contributed by atoms with E-state index in [0.29, 0.717) is 10.1 Å². The van der Waals surface area contributed by atoms with Crippen molar-refractivity contribution in [3.8, 4) is 0 Å². The predicted molar refractivity (Wildman–Crippen MR) is 94.8 cm³/mol. The van der Waals surface area contributed by atoms with Gasteiger partial charge in [0.1, 0.15) is 10.7 Å². The normalized spacial score (nSPS) is 10.5. The third kappa shape index (κ3) is 3.48. The summed E-state index contributed by atoms with van der Waals surface area (Å²) in [6, 6.07) is 8.98. The largest absolute Gasteiger partial charge is 0.281 e. The molecule has 0 radical (unpaired) electrons. The molecule has 0 fully saturated rings. The maximum Gasteiger partial charge on any atom is 0.281 e. The highest BCUT2D eigenvalue weighted by Gasteiger charge is 2.19. The summed E-state index contributed by atoms with van der Waals surface area (Å²) in [5.74, 6) is -1.87. The molecule has 3 aromatic rings. The molecule has 10 heteroatoms. The molecule has 0 atom stereocenters. The van der Waals surface area contributed by atoms with Crippen LogP contribution >= 0.6 is 22.9 Å². The van der Waals surface area contributed by atoms with Crippen LogP contribution in [0.25, 0.3) is 10.1 Å². The van der Waals surface area contributed by atoms with Gasteiger partial charge in [-0.3, -0.25) is 30.6 Å². The first-order valence-electron chi connectivity index (χ1n) is 7.09. The number of nitro benzene ring substituents is 1. The van der Waals surface area contributed by atoms with E-state index in [1.807, 2.05) is 0 Å². The van der Waals surface area contributed by atoms with Gasteiger partial charge in [0.15, 0.2) is 0 Å². The van der Waals surface area contributed by atoms with Crippen LogP contribution in [0.4, 0.5) is 10.1 Å². The van der Waals surface area contributed by atoms with E-state index in [0.717, 1.165) is 17.4 Å². The molecule has 2 amide bonds. The van der Waals surface area contributed by atoms with Crippen LogP contribution in [0.2, 0.25) is 5.02 Å². The minimum atomic E-state index is -0.731. The van der Waals surface area contributed by atoms with Crippen LogP contribution in [-0.2, 0) is 0 Å².